The maximum Gasteiger partial charge on any atom is 0.310 e. The first kappa shape index (κ1) is 18.4. The van der Waals surface area contributed by atoms with Crippen molar-refractivity contribution in [2.24, 2.45) is 5.92 Å². The molecule has 8 nitrogen and oxygen atoms in total. The van der Waals surface area contributed by atoms with Crippen molar-refractivity contribution in [1.82, 2.24) is 15.0 Å². The van der Waals surface area contributed by atoms with Gasteiger partial charge in [0.25, 0.3) is 0 Å². The van der Waals surface area contributed by atoms with Gasteiger partial charge >= 0.3 is 5.97 Å². The number of carbonyl (C=O) groups excluding carboxylic acids is 1. The summed E-state index contributed by atoms with van der Waals surface area (Å²) in [5.74, 6) is 0.825. The number of hydrogen-bond acceptors (Lipinski definition) is 9. The number of nitrogens with zero attached hydrogens (tertiary/aromatic N) is 4. The van der Waals surface area contributed by atoms with Gasteiger partial charge in [-0.3, -0.25) is 4.79 Å². The lowest BCUT2D eigenvalue weighted by Gasteiger charge is -2.33. The molecule has 3 N–H and O–H groups in total. The third kappa shape index (κ3) is 3.70. The molecule has 1 aromatic carbocycles. The van der Waals surface area contributed by atoms with E-state index in [-0.39, 0.29) is 11.9 Å². The summed E-state index contributed by atoms with van der Waals surface area (Å²) in [6, 6.07) is 7.93. The summed E-state index contributed by atoms with van der Waals surface area (Å²) in [4.78, 5) is 27.4. The van der Waals surface area contributed by atoms with Crippen LogP contribution in [0.3, 0.4) is 0 Å². The van der Waals surface area contributed by atoms with Crippen molar-refractivity contribution in [2.45, 2.75) is 19.8 Å². The van der Waals surface area contributed by atoms with E-state index in [1.807, 2.05) is 36.1 Å². The van der Waals surface area contributed by atoms with Gasteiger partial charge in [-0.2, -0.15) is 0 Å². The first-order valence-electron chi connectivity index (χ1n) is 9.30. The van der Waals surface area contributed by atoms with E-state index in [4.69, 9.17) is 10.5 Å². The Labute approximate surface area is 166 Å². The van der Waals surface area contributed by atoms with E-state index in [1.54, 1.807) is 0 Å². The fourth-order valence-corrected chi connectivity index (χ4v) is 4.25. The topological polar surface area (TPSA) is 106 Å². The zero-order valence-corrected chi connectivity index (χ0v) is 16.4. The van der Waals surface area contributed by atoms with E-state index >= 15 is 0 Å². The van der Waals surface area contributed by atoms with E-state index < -0.39 is 0 Å². The molecule has 3 aromatic rings. The number of nitrogens with one attached hydrogen (secondary N) is 1. The van der Waals surface area contributed by atoms with Crippen molar-refractivity contribution in [2.75, 3.05) is 35.6 Å². The second-order valence-electron chi connectivity index (χ2n) is 6.61. The highest BCUT2D eigenvalue weighted by molar-refractivity contribution is 7.22. The highest BCUT2D eigenvalue weighted by atomic mass is 32.1. The van der Waals surface area contributed by atoms with Crippen LogP contribution in [0.2, 0.25) is 0 Å². The minimum atomic E-state index is -0.163. The van der Waals surface area contributed by atoms with Crippen molar-refractivity contribution >= 4 is 50.0 Å². The minimum Gasteiger partial charge on any atom is -0.466 e. The number of esters is 1. The Bertz CT molecular complexity index is 958. The number of carbonyl (C=O) groups is 1. The molecule has 0 aliphatic carbocycles. The number of ether oxygens (including phenoxy) is 1. The number of aromatic nitrogens is 3. The molecule has 3 heterocycles. The Hall–Kier alpha value is -2.94. The van der Waals surface area contributed by atoms with Gasteiger partial charge < -0.3 is 20.7 Å². The van der Waals surface area contributed by atoms with Gasteiger partial charge in [-0.15, -0.1) is 0 Å². The van der Waals surface area contributed by atoms with Crippen molar-refractivity contribution in [1.29, 1.82) is 0 Å². The molecule has 4 rings (SSSR count). The molecule has 0 radical (unpaired) electrons. The first-order valence-corrected chi connectivity index (χ1v) is 10.1. The largest absolute Gasteiger partial charge is 0.466 e. The quantitative estimate of drug-likeness (QED) is 0.631. The molecule has 1 aliphatic rings. The average molecular weight is 398 g/mol. The zero-order valence-electron chi connectivity index (χ0n) is 15.6. The van der Waals surface area contributed by atoms with Crippen molar-refractivity contribution in [3.63, 3.8) is 0 Å². The Morgan fingerprint density at radius 2 is 2.25 bits per heavy atom. The minimum absolute atomic E-state index is 0.160. The predicted molar refractivity (Wildman–Crippen MR) is 111 cm³/mol. The fraction of sp³-hybridized carbons (Fsp3) is 0.368. The summed E-state index contributed by atoms with van der Waals surface area (Å²) in [7, 11) is 0. The number of para-hydroxylation sites is 1. The molecule has 0 spiro atoms. The number of nitrogen functional groups attached to an aromatic ring is 1. The van der Waals surface area contributed by atoms with Crippen LogP contribution in [-0.2, 0) is 9.53 Å². The molecule has 1 unspecified atom stereocenters. The molecule has 0 bridgehead atoms. The van der Waals surface area contributed by atoms with Crippen LogP contribution < -0.4 is 16.0 Å². The lowest BCUT2D eigenvalue weighted by molar-refractivity contribution is -0.148. The molecule has 146 valence electrons. The smallest absolute Gasteiger partial charge is 0.310 e. The van der Waals surface area contributed by atoms with E-state index in [0.717, 1.165) is 34.7 Å². The number of hydrogen-bond donors (Lipinski definition) is 2. The summed E-state index contributed by atoms with van der Waals surface area (Å²) in [5, 5.41) is 3.93. The first-order chi connectivity index (χ1) is 13.7. The Balaban J connectivity index is 1.55. The highest BCUT2D eigenvalue weighted by Crippen LogP contribution is 2.33. The van der Waals surface area contributed by atoms with Gasteiger partial charge in [-0.05, 0) is 31.9 Å². The summed E-state index contributed by atoms with van der Waals surface area (Å²) in [5.41, 5.74) is 7.75. The molecular weight excluding hydrogens is 376 g/mol. The molecule has 9 heteroatoms. The molecule has 1 atom stereocenters. The molecule has 1 fully saturated rings. The SMILES string of the molecule is CCOC(=O)C1CCCN(c2ncnc(Nc3nc4ccccc4s3)c2N)C1. The summed E-state index contributed by atoms with van der Waals surface area (Å²) in [6.07, 6.45) is 3.18. The Morgan fingerprint density at radius 3 is 3.07 bits per heavy atom. The van der Waals surface area contributed by atoms with Crippen molar-refractivity contribution in [3.05, 3.63) is 30.6 Å². The van der Waals surface area contributed by atoms with E-state index in [2.05, 4.69) is 20.3 Å². The van der Waals surface area contributed by atoms with Gasteiger partial charge in [-0.1, -0.05) is 23.5 Å². The van der Waals surface area contributed by atoms with Gasteiger partial charge in [0.1, 0.15) is 12.0 Å². The highest BCUT2D eigenvalue weighted by Gasteiger charge is 2.29. The normalized spacial score (nSPS) is 16.9. The molecule has 1 aliphatic heterocycles. The van der Waals surface area contributed by atoms with Gasteiger partial charge in [0, 0.05) is 13.1 Å². The second-order valence-corrected chi connectivity index (χ2v) is 7.64. The lowest BCUT2D eigenvalue weighted by Crippen LogP contribution is -2.40. The van der Waals surface area contributed by atoms with Crippen molar-refractivity contribution in [3.8, 4) is 0 Å². The maximum absolute atomic E-state index is 12.1. The summed E-state index contributed by atoms with van der Waals surface area (Å²) >= 11 is 1.54. The third-order valence-electron chi connectivity index (χ3n) is 4.72. The van der Waals surface area contributed by atoms with Crippen LogP contribution in [0.5, 0.6) is 0 Å². The van der Waals surface area contributed by atoms with Crippen molar-refractivity contribution < 1.29 is 9.53 Å². The molecule has 28 heavy (non-hydrogen) atoms. The van der Waals surface area contributed by atoms with E-state index in [9.17, 15) is 4.79 Å². The maximum atomic E-state index is 12.1. The van der Waals surface area contributed by atoms with Crippen LogP contribution in [0.25, 0.3) is 10.2 Å². The van der Waals surface area contributed by atoms with Gasteiger partial charge in [0.15, 0.2) is 16.8 Å². The average Bonchev–Trinajstić information content (AvgIpc) is 3.12. The van der Waals surface area contributed by atoms with Gasteiger partial charge in [-0.25, -0.2) is 15.0 Å². The third-order valence-corrected chi connectivity index (χ3v) is 5.67. The van der Waals surface area contributed by atoms with Crippen LogP contribution >= 0.6 is 11.3 Å². The molecule has 1 saturated heterocycles. The lowest BCUT2D eigenvalue weighted by atomic mass is 9.98. The fourth-order valence-electron chi connectivity index (χ4n) is 3.39. The Morgan fingerprint density at radius 1 is 1.39 bits per heavy atom. The van der Waals surface area contributed by atoms with Crippen LogP contribution in [0.4, 0.5) is 22.5 Å². The number of piperidine rings is 1. The monoisotopic (exact) mass is 398 g/mol. The number of thiazole rings is 1. The predicted octanol–water partition coefficient (Wildman–Crippen LogP) is 3.19. The number of anilines is 4. The van der Waals surface area contributed by atoms with E-state index in [0.29, 0.717) is 30.5 Å². The number of benzene rings is 1. The molecule has 0 amide bonds. The van der Waals surface area contributed by atoms with Crippen LogP contribution in [-0.4, -0.2) is 40.6 Å². The summed E-state index contributed by atoms with van der Waals surface area (Å²) < 4.78 is 6.27. The second kappa shape index (κ2) is 7.97. The number of nitrogens with two attached hydrogens (primary N) is 1. The van der Waals surface area contributed by atoms with Gasteiger partial charge in [0.05, 0.1) is 22.7 Å². The van der Waals surface area contributed by atoms with Crippen LogP contribution in [0.15, 0.2) is 30.6 Å². The Kier molecular flexibility index (Phi) is 5.25. The van der Waals surface area contributed by atoms with Crippen LogP contribution in [0, 0.1) is 5.92 Å². The molecule has 2 aromatic heterocycles. The summed E-state index contributed by atoms with van der Waals surface area (Å²) in [6.45, 7) is 3.54. The van der Waals surface area contributed by atoms with Crippen LogP contribution in [0.1, 0.15) is 19.8 Å². The molecule has 0 saturated carbocycles. The molecular formula is C19H22N6O2S. The van der Waals surface area contributed by atoms with E-state index in [1.165, 1.54) is 17.7 Å². The zero-order chi connectivity index (χ0) is 19.5. The van der Waals surface area contributed by atoms with Gasteiger partial charge in [0.2, 0.25) is 0 Å². The standard InChI is InChI=1S/C19H22N6O2S/c1-2-27-18(26)12-6-5-9-25(10-12)17-15(20)16(21-11-22-17)24-19-23-13-7-3-4-8-14(13)28-19/h3-4,7-8,11-12H,2,5-6,9-10,20H2,1H3,(H,21,22,23,24). The number of rotatable bonds is 5. The number of fused-ring (bicyclic) bond motifs is 1.